The molecule has 1 aliphatic heterocycles. The van der Waals surface area contributed by atoms with E-state index in [-0.39, 0.29) is 0 Å². The standard InChI is InChI=1S/C23H29N3O4P2.C2H6/c27-31(28)17-12-24-26-15-11-23(19-26)8-7-21-3-1-20(2-4-21)5-6-22-9-13-25(14-10-22)16-18-32(29)30;1-2/h1-11,13,15,19,24,27-30H,12,14,16-18H2;1-2H3/b6-5+,8-7+;. The van der Waals surface area contributed by atoms with Crippen molar-refractivity contribution in [2.45, 2.75) is 13.8 Å². The highest BCUT2D eigenvalue weighted by molar-refractivity contribution is 7.45. The van der Waals surface area contributed by atoms with Crippen molar-refractivity contribution >= 4 is 35.0 Å². The minimum atomic E-state index is -1.86. The average molecular weight is 504 g/mol. The highest BCUT2D eigenvalue weighted by Crippen LogP contribution is 2.23. The van der Waals surface area contributed by atoms with E-state index in [1.807, 2.05) is 55.3 Å². The maximum atomic E-state index is 9.02. The molecule has 0 saturated heterocycles. The van der Waals surface area contributed by atoms with Gasteiger partial charge in [0.05, 0.1) is 0 Å². The molecule has 0 amide bonds. The van der Waals surface area contributed by atoms with Crippen molar-refractivity contribution in [2.24, 2.45) is 0 Å². The molecular weight excluding hydrogens is 468 g/mol. The maximum Gasteiger partial charge on any atom is 0.166 e. The lowest BCUT2D eigenvalue weighted by Crippen LogP contribution is -2.22. The van der Waals surface area contributed by atoms with E-state index in [2.05, 4.69) is 58.9 Å². The first kappa shape index (κ1) is 28.0. The van der Waals surface area contributed by atoms with Crippen molar-refractivity contribution in [3.63, 3.8) is 0 Å². The molecule has 5 N–H and O–H groups in total. The van der Waals surface area contributed by atoms with Gasteiger partial charge in [0.25, 0.3) is 0 Å². The van der Waals surface area contributed by atoms with Gasteiger partial charge >= 0.3 is 0 Å². The molecule has 3 rings (SSSR count). The summed E-state index contributed by atoms with van der Waals surface area (Å²) in [6.45, 7) is 5.92. The van der Waals surface area contributed by atoms with Gasteiger partial charge in [-0.15, -0.1) is 0 Å². The zero-order valence-corrected chi connectivity index (χ0v) is 21.5. The van der Waals surface area contributed by atoms with Crippen LogP contribution < -0.4 is 5.43 Å². The summed E-state index contributed by atoms with van der Waals surface area (Å²) in [5, 5.41) is 0. The van der Waals surface area contributed by atoms with Crippen molar-refractivity contribution in [1.82, 2.24) is 9.58 Å². The average Bonchev–Trinajstić information content (AvgIpc) is 3.30. The van der Waals surface area contributed by atoms with Crippen molar-refractivity contribution in [2.75, 3.05) is 37.4 Å². The Morgan fingerprint density at radius 2 is 1.47 bits per heavy atom. The van der Waals surface area contributed by atoms with E-state index < -0.39 is 16.8 Å². The predicted octanol–water partition coefficient (Wildman–Crippen LogP) is 4.59. The molecule has 1 aromatic carbocycles. The third kappa shape index (κ3) is 10.8. The van der Waals surface area contributed by atoms with Gasteiger partial charge in [-0.2, -0.15) is 0 Å². The van der Waals surface area contributed by atoms with Crippen LogP contribution in [0.5, 0.6) is 0 Å². The highest BCUT2D eigenvalue weighted by Gasteiger charge is 2.06. The monoisotopic (exact) mass is 503 g/mol. The lowest BCUT2D eigenvalue weighted by Gasteiger charge is -2.22. The fourth-order valence-electron chi connectivity index (χ4n) is 3.04. The van der Waals surface area contributed by atoms with Crippen LogP contribution in [0.3, 0.4) is 0 Å². The number of hydrogen-bond acceptors (Lipinski definition) is 6. The van der Waals surface area contributed by atoms with E-state index in [1.165, 1.54) is 0 Å². The molecular formula is C25H35N3O4P2. The molecule has 1 aromatic heterocycles. The van der Waals surface area contributed by atoms with Crippen LogP contribution in [0.4, 0.5) is 0 Å². The number of rotatable bonds is 11. The maximum absolute atomic E-state index is 9.02. The summed E-state index contributed by atoms with van der Waals surface area (Å²) in [6, 6.07) is 10.3. The van der Waals surface area contributed by atoms with E-state index in [4.69, 9.17) is 19.6 Å². The van der Waals surface area contributed by atoms with Gasteiger partial charge in [0.1, 0.15) is 0 Å². The van der Waals surface area contributed by atoms with Crippen LogP contribution in [-0.4, -0.2) is 61.1 Å². The van der Waals surface area contributed by atoms with Gasteiger partial charge in [-0.3, -0.25) is 4.68 Å². The number of aromatic nitrogens is 1. The van der Waals surface area contributed by atoms with E-state index >= 15 is 0 Å². The molecule has 34 heavy (non-hydrogen) atoms. The lowest BCUT2D eigenvalue weighted by molar-refractivity contribution is 0.417. The van der Waals surface area contributed by atoms with Gasteiger partial charge in [-0.05, 0) is 40.6 Å². The summed E-state index contributed by atoms with van der Waals surface area (Å²) >= 11 is 0. The van der Waals surface area contributed by atoms with Crippen molar-refractivity contribution in [3.8, 4) is 0 Å². The summed E-state index contributed by atoms with van der Waals surface area (Å²) < 4.78 is 1.82. The van der Waals surface area contributed by atoms with Crippen molar-refractivity contribution in [3.05, 3.63) is 89.4 Å². The van der Waals surface area contributed by atoms with Crippen LogP contribution in [0.15, 0.2) is 72.7 Å². The van der Waals surface area contributed by atoms with Gasteiger partial charge in [-0.25, -0.2) is 0 Å². The summed E-state index contributed by atoms with van der Waals surface area (Å²) in [5.41, 5.74) is 7.51. The van der Waals surface area contributed by atoms with Crippen LogP contribution in [-0.2, 0) is 0 Å². The summed E-state index contributed by atoms with van der Waals surface area (Å²) in [6.07, 6.45) is 19.0. The number of nitrogens with zero attached hydrogens (tertiary/aromatic N) is 2. The Bertz CT molecular complexity index is 967. The fourth-order valence-corrected chi connectivity index (χ4v) is 3.78. The Morgan fingerprint density at radius 3 is 2.06 bits per heavy atom. The summed E-state index contributed by atoms with van der Waals surface area (Å²) in [4.78, 5) is 38.0. The first-order valence-electron chi connectivity index (χ1n) is 11.3. The molecule has 0 atom stereocenters. The first-order valence-corrected chi connectivity index (χ1v) is 14.2. The fraction of sp³-hybridized carbons (Fsp3) is 0.280. The van der Waals surface area contributed by atoms with Crippen molar-refractivity contribution < 1.29 is 19.6 Å². The lowest BCUT2D eigenvalue weighted by atomic mass is 10.1. The zero-order chi connectivity index (χ0) is 24.8. The molecule has 184 valence electrons. The van der Waals surface area contributed by atoms with E-state index in [0.717, 1.165) is 28.8 Å². The molecule has 0 bridgehead atoms. The Kier molecular flexibility index (Phi) is 12.9. The molecule has 0 unspecified atom stereocenters. The van der Waals surface area contributed by atoms with Gasteiger partial charge < -0.3 is 29.9 Å². The quantitative estimate of drug-likeness (QED) is 0.288. The third-order valence-corrected chi connectivity index (χ3v) is 6.04. The second kappa shape index (κ2) is 15.6. The van der Waals surface area contributed by atoms with Crippen LogP contribution in [0.2, 0.25) is 0 Å². The molecule has 0 spiro atoms. The van der Waals surface area contributed by atoms with Gasteiger partial charge in [-0.1, -0.05) is 68.5 Å². The Morgan fingerprint density at radius 1 is 0.853 bits per heavy atom. The number of allylic oxidation sites excluding steroid dienone is 3. The molecule has 2 heterocycles. The molecule has 0 fully saturated rings. The summed E-state index contributed by atoms with van der Waals surface area (Å²) in [5.74, 6) is 0. The van der Waals surface area contributed by atoms with E-state index in [9.17, 15) is 0 Å². The summed E-state index contributed by atoms with van der Waals surface area (Å²) in [7, 11) is -3.69. The second-order valence-electron chi connectivity index (χ2n) is 7.30. The van der Waals surface area contributed by atoms with Crippen LogP contribution in [0.25, 0.3) is 18.2 Å². The smallest absolute Gasteiger partial charge is 0.166 e. The Balaban J connectivity index is 0.00000199. The minimum absolute atomic E-state index is 0.335. The van der Waals surface area contributed by atoms with Gasteiger partial charge in [0, 0.05) is 44.4 Å². The van der Waals surface area contributed by atoms with Gasteiger partial charge in [0.15, 0.2) is 16.8 Å². The van der Waals surface area contributed by atoms with E-state index in [0.29, 0.717) is 25.4 Å². The first-order chi connectivity index (χ1) is 16.5. The minimum Gasteiger partial charge on any atom is -0.373 e. The van der Waals surface area contributed by atoms with Crippen LogP contribution in [0, 0.1) is 0 Å². The molecule has 0 saturated carbocycles. The number of nitrogens with one attached hydrogen (secondary N) is 1. The normalized spacial score (nSPS) is 13.6. The van der Waals surface area contributed by atoms with Gasteiger partial charge in [0.2, 0.25) is 0 Å². The number of benzene rings is 1. The van der Waals surface area contributed by atoms with Crippen molar-refractivity contribution in [1.29, 1.82) is 0 Å². The molecule has 1 aliphatic rings. The van der Waals surface area contributed by atoms with Crippen LogP contribution >= 0.6 is 16.8 Å². The molecule has 7 nitrogen and oxygen atoms in total. The largest absolute Gasteiger partial charge is 0.373 e. The Hall–Kier alpha value is -2.24. The molecule has 2 aromatic rings. The number of hydrogen-bond donors (Lipinski definition) is 5. The second-order valence-corrected chi connectivity index (χ2v) is 9.68. The topological polar surface area (TPSA) is 101 Å². The predicted molar refractivity (Wildman–Crippen MR) is 146 cm³/mol. The molecule has 0 radical (unpaired) electrons. The zero-order valence-electron chi connectivity index (χ0n) is 19.7. The molecule has 0 aliphatic carbocycles. The third-order valence-electron chi connectivity index (χ3n) is 4.82. The molecule has 9 heteroatoms. The van der Waals surface area contributed by atoms with E-state index in [1.54, 1.807) is 0 Å². The SMILES string of the molecule is CC.OP(O)CCNn1ccc(/C=C/c2ccc(/C=C/C3=CCN(CCP(O)O)C=C3)cc2)c1. The Labute approximate surface area is 204 Å². The van der Waals surface area contributed by atoms with Crippen LogP contribution in [0.1, 0.15) is 30.5 Å². The highest BCUT2D eigenvalue weighted by atomic mass is 31.2.